The standard InChI is InChI=1S/C15H10ClFN2O/c16-13(10-6-2-1-3-7-10)15-18-14(19-20-15)11-8-4-5-9-12(11)17/h1-9,13H. The van der Waals surface area contributed by atoms with Crippen LogP contribution in [0.1, 0.15) is 16.8 Å². The van der Waals surface area contributed by atoms with Crippen LogP contribution in [0.5, 0.6) is 0 Å². The molecule has 0 N–H and O–H groups in total. The number of hydrogen-bond donors (Lipinski definition) is 0. The zero-order valence-corrected chi connectivity index (χ0v) is 11.1. The third-order valence-electron chi connectivity index (χ3n) is 2.87. The molecule has 3 nitrogen and oxygen atoms in total. The molecule has 0 saturated carbocycles. The van der Waals surface area contributed by atoms with Crippen LogP contribution in [0.25, 0.3) is 11.4 Å². The highest BCUT2D eigenvalue weighted by molar-refractivity contribution is 6.22. The van der Waals surface area contributed by atoms with Crippen molar-refractivity contribution in [1.82, 2.24) is 10.1 Å². The van der Waals surface area contributed by atoms with E-state index in [9.17, 15) is 4.39 Å². The van der Waals surface area contributed by atoms with E-state index in [4.69, 9.17) is 16.1 Å². The van der Waals surface area contributed by atoms with Crippen molar-refractivity contribution in [3.05, 3.63) is 71.9 Å². The highest BCUT2D eigenvalue weighted by Crippen LogP contribution is 2.29. The normalized spacial score (nSPS) is 12.3. The fraction of sp³-hybridized carbons (Fsp3) is 0.0667. The fourth-order valence-electron chi connectivity index (χ4n) is 1.85. The minimum absolute atomic E-state index is 0.194. The first-order chi connectivity index (χ1) is 9.75. The van der Waals surface area contributed by atoms with Gasteiger partial charge in [0.05, 0.1) is 5.56 Å². The third-order valence-corrected chi connectivity index (χ3v) is 3.30. The summed E-state index contributed by atoms with van der Waals surface area (Å²) in [6, 6.07) is 15.6. The van der Waals surface area contributed by atoms with Gasteiger partial charge in [-0.05, 0) is 17.7 Å². The monoisotopic (exact) mass is 288 g/mol. The molecule has 0 aliphatic carbocycles. The van der Waals surface area contributed by atoms with E-state index in [1.165, 1.54) is 6.07 Å². The summed E-state index contributed by atoms with van der Waals surface area (Å²) in [7, 11) is 0. The van der Waals surface area contributed by atoms with Gasteiger partial charge in [0.15, 0.2) is 0 Å². The highest BCUT2D eigenvalue weighted by atomic mass is 35.5. The van der Waals surface area contributed by atoms with Crippen LogP contribution in [-0.4, -0.2) is 10.1 Å². The smallest absolute Gasteiger partial charge is 0.249 e. The molecule has 0 aliphatic rings. The van der Waals surface area contributed by atoms with Crippen molar-refractivity contribution in [1.29, 1.82) is 0 Å². The zero-order valence-electron chi connectivity index (χ0n) is 10.3. The van der Waals surface area contributed by atoms with Gasteiger partial charge in [0, 0.05) is 0 Å². The molecule has 0 aliphatic heterocycles. The van der Waals surface area contributed by atoms with Crippen LogP contribution in [-0.2, 0) is 0 Å². The molecule has 1 heterocycles. The number of alkyl halides is 1. The Bertz CT molecular complexity index is 715. The first kappa shape index (κ1) is 12.8. The lowest BCUT2D eigenvalue weighted by molar-refractivity contribution is 0.382. The summed E-state index contributed by atoms with van der Waals surface area (Å²) in [5, 5.41) is 3.23. The lowest BCUT2D eigenvalue weighted by Crippen LogP contribution is -1.93. The molecule has 1 atom stereocenters. The van der Waals surface area contributed by atoms with E-state index in [1.807, 2.05) is 30.3 Å². The van der Waals surface area contributed by atoms with E-state index in [0.29, 0.717) is 5.56 Å². The maximum atomic E-state index is 13.7. The van der Waals surface area contributed by atoms with E-state index in [-0.39, 0.29) is 11.7 Å². The first-order valence-electron chi connectivity index (χ1n) is 6.03. The van der Waals surface area contributed by atoms with E-state index >= 15 is 0 Å². The first-order valence-corrected chi connectivity index (χ1v) is 6.47. The maximum absolute atomic E-state index is 13.7. The number of aromatic nitrogens is 2. The van der Waals surface area contributed by atoms with Crippen LogP contribution in [0.15, 0.2) is 59.1 Å². The van der Waals surface area contributed by atoms with Gasteiger partial charge in [-0.2, -0.15) is 4.98 Å². The molecular formula is C15H10ClFN2O. The summed E-state index contributed by atoms with van der Waals surface area (Å²) in [5.74, 6) is 0.0430. The Morgan fingerprint density at radius 1 is 1.00 bits per heavy atom. The van der Waals surface area contributed by atoms with Gasteiger partial charge in [-0.25, -0.2) is 4.39 Å². The van der Waals surface area contributed by atoms with Gasteiger partial charge in [-0.1, -0.05) is 47.6 Å². The fourth-order valence-corrected chi connectivity index (χ4v) is 2.09. The Morgan fingerprint density at radius 2 is 1.70 bits per heavy atom. The van der Waals surface area contributed by atoms with E-state index in [0.717, 1.165) is 5.56 Å². The topological polar surface area (TPSA) is 38.9 Å². The van der Waals surface area contributed by atoms with E-state index < -0.39 is 11.2 Å². The van der Waals surface area contributed by atoms with E-state index in [1.54, 1.807) is 18.2 Å². The molecule has 0 amide bonds. The Kier molecular flexibility index (Phi) is 3.48. The van der Waals surface area contributed by atoms with Crippen molar-refractivity contribution >= 4 is 11.6 Å². The molecule has 5 heteroatoms. The quantitative estimate of drug-likeness (QED) is 0.678. The second-order valence-electron chi connectivity index (χ2n) is 4.21. The molecule has 20 heavy (non-hydrogen) atoms. The number of rotatable bonds is 3. The van der Waals surface area contributed by atoms with E-state index in [2.05, 4.69) is 10.1 Å². The lowest BCUT2D eigenvalue weighted by atomic mass is 10.1. The average molecular weight is 289 g/mol. The molecule has 100 valence electrons. The van der Waals surface area contributed by atoms with Gasteiger partial charge in [-0.3, -0.25) is 0 Å². The molecule has 0 fully saturated rings. The molecule has 1 unspecified atom stereocenters. The van der Waals surface area contributed by atoms with Crippen LogP contribution in [0.2, 0.25) is 0 Å². The molecule has 0 radical (unpaired) electrons. The maximum Gasteiger partial charge on any atom is 0.249 e. The van der Waals surface area contributed by atoms with Crippen LogP contribution in [0.4, 0.5) is 4.39 Å². The Balaban J connectivity index is 1.93. The lowest BCUT2D eigenvalue weighted by Gasteiger charge is -2.03. The van der Waals surface area contributed by atoms with Crippen molar-refractivity contribution in [3.63, 3.8) is 0 Å². The van der Waals surface area contributed by atoms with Gasteiger partial charge < -0.3 is 4.52 Å². The van der Waals surface area contributed by atoms with Gasteiger partial charge in [0.1, 0.15) is 11.2 Å². The summed E-state index contributed by atoms with van der Waals surface area (Å²) in [6.07, 6.45) is 0. The second kappa shape index (κ2) is 5.43. The summed E-state index contributed by atoms with van der Waals surface area (Å²) >= 11 is 6.28. The SMILES string of the molecule is Fc1ccccc1-c1noc(C(Cl)c2ccccc2)n1. The molecule has 1 aromatic heterocycles. The minimum Gasteiger partial charge on any atom is -0.337 e. The summed E-state index contributed by atoms with van der Waals surface area (Å²) in [6.45, 7) is 0. The van der Waals surface area contributed by atoms with Crippen LogP contribution >= 0.6 is 11.6 Å². The van der Waals surface area contributed by atoms with Crippen molar-refractivity contribution in [3.8, 4) is 11.4 Å². The highest BCUT2D eigenvalue weighted by Gasteiger charge is 2.19. The average Bonchev–Trinajstić information content (AvgIpc) is 2.97. The number of nitrogens with zero attached hydrogens (tertiary/aromatic N) is 2. The van der Waals surface area contributed by atoms with Crippen LogP contribution < -0.4 is 0 Å². The van der Waals surface area contributed by atoms with Gasteiger partial charge in [-0.15, -0.1) is 11.6 Å². The Morgan fingerprint density at radius 3 is 2.45 bits per heavy atom. The predicted octanol–water partition coefficient (Wildman–Crippen LogP) is 4.20. The molecule has 0 bridgehead atoms. The second-order valence-corrected chi connectivity index (χ2v) is 4.65. The molecule has 0 spiro atoms. The largest absolute Gasteiger partial charge is 0.337 e. The summed E-state index contributed by atoms with van der Waals surface area (Å²) in [5.41, 5.74) is 1.14. The molecule has 3 aromatic rings. The van der Waals surface area contributed by atoms with Crippen LogP contribution in [0, 0.1) is 5.82 Å². The van der Waals surface area contributed by atoms with Crippen molar-refractivity contribution in [2.75, 3.05) is 0 Å². The Labute approximate surface area is 120 Å². The van der Waals surface area contributed by atoms with Gasteiger partial charge >= 0.3 is 0 Å². The molecule has 0 saturated heterocycles. The van der Waals surface area contributed by atoms with Crippen molar-refractivity contribution in [2.24, 2.45) is 0 Å². The molecule has 2 aromatic carbocycles. The van der Waals surface area contributed by atoms with Gasteiger partial charge in [0.2, 0.25) is 11.7 Å². The number of benzene rings is 2. The number of hydrogen-bond acceptors (Lipinski definition) is 3. The van der Waals surface area contributed by atoms with Crippen LogP contribution in [0.3, 0.4) is 0 Å². The number of halogens is 2. The van der Waals surface area contributed by atoms with Crippen molar-refractivity contribution < 1.29 is 8.91 Å². The summed E-state index contributed by atoms with van der Waals surface area (Å²) in [4.78, 5) is 4.17. The zero-order chi connectivity index (χ0) is 13.9. The molecular weight excluding hydrogens is 279 g/mol. The summed E-state index contributed by atoms with van der Waals surface area (Å²) < 4.78 is 18.8. The predicted molar refractivity (Wildman–Crippen MR) is 73.8 cm³/mol. The minimum atomic E-state index is -0.552. The third kappa shape index (κ3) is 2.42. The Hall–Kier alpha value is -2.20. The molecule has 3 rings (SSSR count). The van der Waals surface area contributed by atoms with Crippen molar-refractivity contribution in [2.45, 2.75) is 5.38 Å². The van der Waals surface area contributed by atoms with Gasteiger partial charge in [0.25, 0.3) is 0 Å².